The quantitative estimate of drug-likeness (QED) is 0.188. The van der Waals surface area contributed by atoms with Gasteiger partial charge in [0.1, 0.15) is 0 Å². The lowest BCUT2D eigenvalue weighted by Gasteiger charge is -2.42. The Kier molecular flexibility index (Phi) is 9.44. The number of fused-ring (bicyclic) bond motifs is 2. The summed E-state index contributed by atoms with van der Waals surface area (Å²) in [5.74, 6) is 1.42. The molecule has 2 fully saturated rings. The van der Waals surface area contributed by atoms with E-state index in [1.807, 2.05) is 41.3 Å². The first kappa shape index (κ1) is 34.4. The topological polar surface area (TPSA) is 80.3 Å². The third kappa shape index (κ3) is 6.07. The Balaban J connectivity index is 1.10. The second-order valence-corrected chi connectivity index (χ2v) is 14.7. The Labute approximate surface area is 309 Å². The van der Waals surface area contributed by atoms with Crippen LogP contribution in [0.5, 0.6) is 11.8 Å². The molecule has 2 aromatic carbocycles. The molecule has 9 nitrogen and oxygen atoms in total. The molecule has 4 aliphatic rings. The first-order valence-corrected chi connectivity index (χ1v) is 18.5. The van der Waals surface area contributed by atoms with Gasteiger partial charge in [0.25, 0.3) is 0 Å². The molecule has 0 radical (unpaired) electrons. The van der Waals surface area contributed by atoms with Crippen LogP contribution < -0.4 is 9.47 Å². The summed E-state index contributed by atoms with van der Waals surface area (Å²) in [7, 11) is 5.15. The Morgan fingerprint density at radius 2 is 1.18 bits per heavy atom. The van der Waals surface area contributed by atoms with Crippen LogP contribution in [-0.4, -0.2) is 97.3 Å². The van der Waals surface area contributed by atoms with Gasteiger partial charge in [0.15, 0.2) is 0 Å². The molecule has 2 aliphatic heterocycles. The van der Waals surface area contributed by atoms with E-state index in [0.29, 0.717) is 27.9 Å². The summed E-state index contributed by atoms with van der Waals surface area (Å²) >= 11 is 14.5. The van der Waals surface area contributed by atoms with E-state index in [0.717, 1.165) is 104 Å². The van der Waals surface area contributed by atoms with Gasteiger partial charge >= 0.3 is 0 Å². The molecule has 8 rings (SSSR count). The Bertz CT molecular complexity index is 1990. The van der Waals surface area contributed by atoms with Crippen LogP contribution in [0.3, 0.4) is 0 Å². The number of carbonyl (C=O) groups excluding carboxylic acids is 1. The van der Waals surface area contributed by atoms with Gasteiger partial charge in [-0.15, -0.1) is 0 Å². The van der Waals surface area contributed by atoms with Gasteiger partial charge in [0.2, 0.25) is 17.7 Å². The lowest BCUT2D eigenvalue weighted by Crippen LogP contribution is -2.52. The van der Waals surface area contributed by atoms with Crippen molar-refractivity contribution >= 4 is 29.1 Å². The van der Waals surface area contributed by atoms with Crippen molar-refractivity contribution in [1.82, 2.24) is 24.7 Å². The van der Waals surface area contributed by atoms with Gasteiger partial charge in [-0.3, -0.25) is 14.6 Å². The van der Waals surface area contributed by atoms with Crippen LogP contribution in [-0.2, 0) is 22.4 Å². The number of amides is 1. The third-order valence-electron chi connectivity index (χ3n) is 11.3. The van der Waals surface area contributed by atoms with Crippen molar-refractivity contribution in [3.63, 3.8) is 0 Å². The van der Waals surface area contributed by atoms with Gasteiger partial charge in [-0.05, 0) is 48.9 Å². The zero-order chi connectivity index (χ0) is 35.4. The number of piperazine rings is 1. The number of pyridine rings is 2. The van der Waals surface area contributed by atoms with Crippen LogP contribution >= 0.6 is 23.2 Å². The van der Waals surface area contributed by atoms with E-state index >= 15 is 0 Å². The third-order valence-corrected chi connectivity index (χ3v) is 12.2. The first-order chi connectivity index (χ1) is 24.8. The van der Waals surface area contributed by atoms with Crippen molar-refractivity contribution in [2.45, 2.75) is 50.8 Å². The van der Waals surface area contributed by atoms with E-state index in [-0.39, 0.29) is 18.0 Å². The van der Waals surface area contributed by atoms with E-state index < -0.39 is 0 Å². The van der Waals surface area contributed by atoms with Crippen molar-refractivity contribution in [3.05, 3.63) is 80.8 Å². The number of rotatable bonds is 8. The summed E-state index contributed by atoms with van der Waals surface area (Å²) < 4.78 is 17.4. The van der Waals surface area contributed by atoms with Crippen LogP contribution in [0.2, 0.25) is 10.0 Å². The van der Waals surface area contributed by atoms with Gasteiger partial charge in [-0.25, -0.2) is 9.97 Å². The highest BCUT2D eigenvalue weighted by atomic mass is 35.5. The molecule has 2 aliphatic carbocycles. The summed E-state index contributed by atoms with van der Waals surface area (Å²) in [6.07, 6.45) is 4.19. The van der Waals surface area contributed by atoms with Crippen LogP contribution in [0.25, 0.3) is 33.6 Å². The maximum absolute atomic E-state index is 11.9. The Morgan fingerprint density at radius 3 is 1.63 bits per heavy atom. The standard InChI is InChI=1S/C40H43Cl2N5O4/c1-23(48)45-15-17-46(18-16-45)33-13-11-24-19-31(43-39(50-3)35(24)33)29-9-5-7-27(37(29)41)28-8-6-10-30(38(28)42)32-20-25-12-14-34(36(25)40(44-32)51-4)47-21-26(22-47)49-2/h5-10,19-20,26,33-34H,11-18,21-22H2,1-4H3/t33-,34+/m1/s1. The molecule has 0 N–H and O–H groups in total. The Hall–Kier alpha value is -3.73. The molecule has 0 saturated carbocycles. The molecule has 4 heterocycles. The minimum atomic E-state index is 0.134. The highest BCUT2D eigenvalue weighted by Gasteiger charge is 2.39. The predicted molar refractivity (Wildman–Crippen MR) is 200 cm³/mol. The molecular weight excluding hydrogens is 685 g/mol. The average Bonchev–Trinajstić information content (AvgIpc) is 3.76. The lowest BCUT2D eigenvalue weighted by atomic mass is 9.96. The van der Waals surface area contributed by atoms with E-state index in [2.05, 4.69) is 21.9 Å². The highest BCUT2D eigenvalue weighted by molar-refractivity contribution is 6.39. The number of halogens is 2. The number of aromatic nitrogens is 2. The van der Waals surface area contributed by atoms with Crippen LogP contribution in [0, 0.1) is 0 Å². The average molecular weight is 729 g/mol. The van der Waals surface area contributed by atoms with Crippen LogP contribution in [0.15, 0.2) is 48.5 Å². The number of ether oxygens (including phenoxy) is 3. The SMILES string of the molecule is COc1nc(-c2cccc(-c3cccc(-c4cc5c(c(OC)n4)[C@@H](N4CC(OC)C4)CC5)c3Cl)c2Cl)cc2c1[C@H](N1CCN(C(C)=O)CC1)CC2. The van der Waals surface area contributed by atoms with Gasteiger partial charge in [-0.2, -0.15) is 0 Å². The molecule has 0 spiro atoms. The molecule has 51 heavy (non-hydrogen) atoms. The molecule has 0 bridgehead atoms. The number of aryl methyl sites for hydroxylation is 2. The number of hydrogen-bond acceptors (Lipinski definition) is 8. The number of nitrogens with zero attached hydrogens (tertiary/aromatic N) is 5. The van der Waals surface area contributed by atoms with Crippen LogP contribution in [0.1, 0.15) is 54.1 Å². The minimum Gasteiger partial charge on any atom is -0.481 e. The van der Waals surface area contributed by atoms with Gasteiger partial charge < -0.3 is 19.1 Å². The molecule has 2 saturated heterocycles. The van der Waals surface area contributed by atoms with Crippen molar-refractivity contribution < 1.29 is 19.0 Å². The number of benzene rings is 2. The fourth-order valence-corrected chi connectivity index (χ4v) is 9.23. The van der Waals surface area contributed by atoms with Crippen molar-refractivity contribution in [2.75, 3.05) is 60.6 Å². The molecule has 2 atom stereocenters. The molecule has 1 amide bonds. The second kappa shape index (κ2) is 14.0. The smallest absolute Gasteiger partial charge is 0.219 e. The summed E-state index contributed by atoms with van der Waals surface area (Å²) in [6.45, 7) is 6.65. The molecule has 0 unspecified atom stereocenters. The number of methoxy groups -OCH3 is 3. The van der Waals surface area contributed by atoms with Crippen molar-refractivity contribution in [2.24, 2.45) is 0 Å². The van der Waals surface area contributed by atoms with Crippen LogP contribution in [0.4, 0.5) is 0 Å². The summed E-state index contributed by atoms with van der Waals surface area (Å²) in [5.41, 5.74) is 9.65. The van der Waals surface area contributed by atoms with Gasteiger partial charge in [-0.1, -0.05) is 59.6 Å². The maximum Gasteiger partial charge on any atom is 0.219 e. The largest absolute Gasteiger partial charge is 0.481 e. The number of likely N-dealkylation sites (tertiary alicyclic amines) is 1. The zero-order valence-electron chi connectivity index (χ0n) is 29.5. The number of hydrogen-bond donors (Lipinski definition) is 0. The minimum absolute atomic E-state index is 0.134. The van der Waals surface area contributed by atoms with Gasteiger partial charge in [0, 0.05) is 98.8 Å². The van der Waals surface area contributed by atoms with E-state index in [9.17, 15) is 4.79 Å². The molecule has 266 valence electrons. The molecule has 4 aromatic rings. The van der Waals surface area contributed by atoms with E-state index in [1.165, 1.54) is 16.7 Å². The fraction of sp³-hybridized carbons (Fsp3) is 0.425. The van der Waals surface area contributed by atoms with E-state index in [4.69, 9.17) is 47.4 Å². The van der Waals surface area contributed by atoms with Gasteiger partial charge in [0.05, 0.1) is 41.8 Å². The van der Waals surface area contributed by atoms with Crippen molar-refractivity contribution in [1.29, 1.82) is 0 Å². The monoisotopic (exact) mass is 727 g/mol. The lowest BCUT2D eigenvalue weighted by molar-refractivity contribution is -0.130. The summed E-state index contributed by atoms with van der Waals surface area (Å²) in [5, 5.41) is 1.16. The highest BCUT2D eigenvalue weighted by Crippen LogP contribution is 2.48. The zero-order valence-corrected chi connectivity index (χ0v) is 31.1. The normalized spacial score (nSPS) is 20.6. The predicted octanol–water partition coefficient (Wildman–Crippen LogP) is 7.27. The molecular formula is C40H43Cl2N5O4. The molecule has 11 heteroatoms. The van der Waals surface area contributed by atoms with E-state index in [1.54, 1.807) is 28.3 Å². The second-order valence-electron chi connectivity index (χ2n) is 14.0. The fourth-order valence-electron chi connectivity index (χ4n) is 8.58. The first-order valence-electron chi connectivity index (χ1n) is 17.8. The Morgan fingerprint density at radius 1 is 0.706 bits per heavy atom. The summed E-state index contributed by atoms with van der Waals surface area (Å²) in [4.78, 5) is 28.8. The van der Waals surface area contributed by atoms with Crippen molar-refractivity contribution in [3.8, 4) is 45.4 Å². The maximum atomic E-state index is 11.9. The molecule has 2 aromatic heterocycles. The summed E-state index contributed by atoms with van der Waals surface area (Å²) in [6, 6.07) is 16.8. The number of carbonyl (C=O) groups is 1.